The third-order valence-electron chi connectivity index (χ3n) is 5.11. The van der Waals surface area contributed by atoms with E-state index in [1.165, 1.54) is 32.1 Å². The van der Waals surface area contributed by atoms with Crippen LogP contribution in [-0.4, -0.2) is 18.1 Å². The van der Waals surface area contributed by atoms with E-state index in [9.17, 15) is 4.79 Å². The molecule has 0 aromatic carbocycles. The number of hydrogen-bond donors (Lipinski definition) is 2. The molecule has 0 saturated heterocycles. The van der Waals surface area contributed by atoms with Crippen molar-refractivity contribution in [2.45, 2.75) is 51.2 Å². The van der Waals surface area contributed by atoms with Crippen molar-refractivity contribution in [3.63, 3.8) is 0 Å². The first kappa shape index (κ1) is 11.5. The fourth-order valence-electron chi connectivity index (χ4n) is 4.50. The Kier molecular flexibility index (Phi) is 2.87. The molecule has 4 rings (SSSR count). The quantitative estimate of drug-likeness (QED) is 0.726. The molecule has 0 heterocycles. The summed E-state index contributed by atoms with van der Waals surface area (Å²) >= 11 is 0. The molecule has 4 nitrogen and oxygen atoms in total. The van der Waals surface area contributed by atoms with Gasteiger partial charge in [-0.05, 0) is 62.7 Å². The van der Waals surface area contributed by atoms with Gasteiger partial charge in [-0.1, -0.05) is 0 Å². The van der Waals surface area contributed by atoms with E-state index >= 15 is 0 Å². The van der Waals surface area contributed by atoms with E-state index in [1.807, 2.05) is 0 Å². The fraction of sp³-hybridized carbons (Fsp3) is 0.923. The highest BCUT2D eigenvalue weighted by Crippen LogP contribution is 2.53. The SMILES string of the molecule is CC(ON)C(=O)NC1C2CC3CC(C2)CC1C3. The van der Waals surface area contributed by atoms with Crippen LogP contribution in [0.25, 0.3) is 0 Å². The van der Waals surface area contributed by atoms with Gasteiger partial charge in [0.05, 0.1) is 0 Å². The molecule has 4 bridgehead atoms. The first-order valence-corrected chi connectivity index (χ1v) is 6.83. The molecule has 4 saturated carbocycles. The lowest BCUT2D eigenvalue weighted by atomic mass is 9.54. The summed E-state index contributed by atoms with van der Waals surface area (Å²) in [5, 5.41) is 3.17. The molecule has 3 N–H and O–H groups in total. The highest BCUT2D eigenvalue weighted by molar-refractivity contribution is 5.80. The molecular weight excluding hydrogens is 216 g/mol. The summed E-state index contributed by atoms with van der Waals surface area (Å²) < 4.78 is 0. The van der Waals surface area contributed by atoms with Crippen molar-refractivity contribution >= 4 is 5.91 Å². The number of amides is 1. The Labute approximate surface area is 102 Å². The fourth-order valence-corrected chi connectivity index (χ4v) is 4.50. The number of carbonyl (C=O) groups excluding carboxylic acids is 1. The summed E-state index contributed by atoms with van der Waals surface area (Å²) in [7, 11) is 0. The second kappa shape index (κ2) is 4.25. The molecule has 1 unspecified atom stereocenters. The van der Waals surface area contributed by atoms with Crippen LogP contribution in [0.15, 0.2) is 0 Å². The summed E-state index contributed by atoms with van der Waals surface area (Å²) in [6.07, 6.45) is 6.17. The minimum atomic E-state index is -0.535. The molecule has 17 heavy (non-hydrogen) atoms. The third kappa shape index (κ3) is 1.97. The maximum absolute atomic E-state index is 11.9. The van der Waals surface area contributed by atoms with E-state index in [0.29, 0.717) is 17.9 Å². The monoisotopic (exact) mass is 238 g/mol. The van der Waals surface area contributed by atoms with Crippen LogP contribution in [0.5, 0.6) is 0 Å². The lowest BCUT2D eigenvalue weighted by Crippen LogP contribution is -2.57. The summed E-state index contributed by atoms with van der Waals surface area (Å²) in [6, 6.07) is 0.382. The van der Waals surface area contributed by atoms with Crippen molar-refractivity contribution in [1.29, 1.82) is 0 Å². The largest absolute Gasteiger partial charge is 0.350 e. The predicted octanol–water partition coefficient (Wildman–Crippen LogP) is 1.21. The van der Waals surface area contributed by atoms with E-state index in [-0.39, 0.29) is 5.91 Å². The van der Waals surface area contributed by atoms with Crippen LogP contribution in [0.1, 0.15) is 39.0 Å². The van der Waals surface area contributed by atoms with Gasteiger partial charge in [-0.2, -0.15) is 0 Å². The topological polar surface area (TPSA) is 64.3 Å². The van der Waals surface area contributed by atoms with Crippen LogP contribution in [0.2, 0.25) is 0 Å². The molecule has 0 aliphatic heterocycles. The Balaban J connectivity index is 1.66. The van der Waals surface area contributed by atoms with Crippen LogP contribution < -0.4 is 11.2 Å². The number of hydrogen-bond acceptors (Lipinski definition) is 3. The summed E-state index contributed by atoms with van der Waals surface area (Å²) in [4.78, 5) is 16.4. The summed E-state index contributed by atoms with van der Waals surface area (Å²) in [5.74, 6) is 8.31. The Hall–Kier alpha value is -0.610. The van der Waals surface area contributed by atoms with Crippen molar-refractivity contribution in [3.05, 3.63) is 0 Å². The van der Waals surface area contributed by atoms with Gasteiger partial charge >= 0.3 is 0 Å². The zero-order valence-corrected chi connectivity index (χ0v) is 10.4. The molecular formula is C13H22N2O2. The molecule has 1 atom stereocenters. The van der Waals surface area contributed by atoms with Gasteiger partial charge in [-0.25, -0.2) is 5.90 Å². The average molecular weight is 238 g/mol. The number of carbonyl (C=O) groups is 1. The summed E-state index contributed by atoms with van der Waals surface area (Å²) in [6.45, 7) is 1.70. The molecule has 4 fully saturated rings. The van der Waals surface area contributed by atoms with Crippen LogP contribution >= 0.6 is 0 Å². The zero-order valence-electron chi connectivity index (χ0n) is 10.4. The Morgan fingerprint density at radius 3 is 2.18 bits per heavy atom. The molecule has 4 aliphatic carbocycles. The van der Waals surface area contributed by atoms with E-state index < -0.39 is 6.10 Å². The van der Waals surface area contributed by atoms with Gasteiger partial charge in [0, 0.05) is 6.04 Å². The van der Waals surface area contributed by atoms with E-state index in [1.54, 1.807) is 6.92 Å². The smallest absolute Gasteiger partial charge is 0.251 e. The highest BCUT2D eigenvalue weighted by Gasteiger charge is 2.48. The second-order valence-corrected chi connectivity index (χ2v) is 6.24. The highest BCUT2D eigenvalue weighted by atomic mass is 16.6. The lowest BCUT2D eigenvalue weighted by molar-refractivity contribution is -0.135. The van der Waals surface area contributed by atoms with Gasteiger partial charge < -0.3 is 5.32 Å². The van der Waals surface area contributed by atoms with E-state index in [2.05, 4.69) is 10.2 Å². The Bertz CT molecular complexity index is 291. The van der Waals surface area contributed by atoms with Gasteiger partial charge in [0.15, 0.2) is 6.10 Å². The Morgan fingerprint density at radius 2 is 1.71 bits per heavy atom. The van der Waals surface area contributed by atoms with Crippen molar-refractivity contribution in [2.24, 2.45) is 29.6 Å². The van der Waals surface area contributed by atoms with E-state index in [0.717, 1.165) is 11.8 Å². The first-order chi connectivity index (χ1) is 8.17. The van der Waals surface area contributed by atoms with Gasteiger partial charge in [0.25, 0.3) is 5.91 Å². The van der Waals surface area contributed by atoms with Gasteiger partial charge in [0.2, 0.25) is 0 Å². The second-order valence-electron chi connectivity index (χ2n) is 6.24. The number of rotatable bonds is 3. The number of nitrogens with one attached hydrogen (secondary N) is 1. The van der Waals surface area contributed by atoms with Crippen molar-refractivity contribution in [1.82, 2.24) is 5.32 Å². The molecule has 4 aliphatic rings. The predicted molar refractivity (Wildman–Crippen MR) is 63.7 cm³/mol. The molecule has 0 spiro atoms. The van der Waals surface area contributed by atoms with Gasteiger partial charge in [-0.15, -0.1) is 0 Å². The van der Waals surface area contributed by atoms with Crippen molar-refractivity contribution < 1.29 is 9.63 Å². The van der Waals surface area contributed by atoms with Crippen LogP contribution in [-0.2, 0) is 9.63 Å². The number of nitrogens with two attached hydrogens (primary N) is 1. The molecule has 0 aromatic heterocycles. The molecule has 0 radical (unpaired) electrons. The normalized spacial score (nSPS) is 44.7. The lowest BCUT2D eigenvalue weighted by Gasteiger charge is -2.54. The zero-order chi connectivity index (χ0) is 12.0. The van der Waals surface area contributed by atoms with Crippen LogP contribution in [0, 0.1) is 23.7 Å². The van der Waals surface area contributed by atoms with Crippen molar-refractivity contribution in [3.8, 4) is 0 Å². The van der Waals surface area contributed by atoms with Gasteiger partial charge in [-0.3, -0.25) is 9.63 Å². The first-order valence-electron chi connectivity index (χ1n) is 6.83. The molecule has 1 amide bonds. The molecule has 96 valence electrons. The average Bonchev–Trinajstić information content (AvgIpc) is 2.31. The maximum atomic E-state index is 11.9. The third-order valence-corrected chi connectivity index (χ3v) is 5.11. The minimum absolute atomic E-state index is 0.0510. The van der Waals surface area contributed by atoms with Crippen molar-refractivity contribution in [2.75, 3.05) is 0 Å². The van der Waals surface area contributed by atoms with Gasteiger partial charge in [0.1, 0.15) is 0 Å². The summed E-state index contributed by atoms with van der Waals surface area (Å²) in [5.41, 5.74) is 0. The van der Waals surface area contributed by atoms with Crippen LogP contribution in [0.3, 0.4) is 0 Å². The maximum Gasteiger partial charge on any atom is 0.251 e. The minimum Gasteiger partial charge on any atom is -0.350 e. The van der Waals surface area contributed by atoms with E-state index in [4.69, 9.17) is 5.90 Å². The standard InChI is InChI=1S/C13H22N2O2/c1-7(17-14)13(16)15-12-10-3-8-2-9(5-10)6-11(12)4-8/h7-12H,2-6,14H2,1H3,(H,15,16). The Morgan fingerprint density at radius 1 is 1.18 bits per heavy atom. The molecule has 4 heteroatoms. The molecule has 0 aromatic rings. The van der Waals surface area contributed by atoms with Crippen LogP contribution in [0.4, 0.5) is 0 Å².